The molecule has 1 saturated carbocycles. The zero-order valence-corrected chi connectivity index (χ0v) is 11.4. The monoisotopic (exact) mass is 276 g/mol. The molecule has 15 heavy (non-hydrogen) atoms. The summed E-state index contributed by atoms with van der Waals surface area (Å²) in [7, 11) is 0. The fraction of sp³-hybridized carbons (Fsp3) is 0.917. The second-order valence-corrected chi connectivity index (χ2v) is 5.55. The summed E-state index contributed by atoms with van der Waals surface area (Å²) in [4.78, 5) is 11.3. The summed E-state index contributed by atoms with van der Waals surface area (Å²) in [5.41, 5.74) is 0. The second kappa shape index (κ2) is 5.88. The van der Waals surface area contributed by atoms with Crippen LogP contribution in [-0.4, -0.2) is 17.4 Å². The molecule has 0 saturated heterocycles. The standard InChI is InChI=1S/C12H21BrO2/c1-8(2)10-5-4-9(3)6-11(10)15-12(14)7-13/h8-11H,4-7H2,1-3H3/t9-,10+,11-/m1/s1. The van der Waals surface area contributed by atoms with E-state index in [1.54, 1.807) is 0 Å². The van der Waals surface area contributed by atoms with Gasteiger partial charge in [0.05, 0.1) is 0 Å². The van der Waals surface area contributed by atoms with Crippen LogP contribution in [0.1, 0.15) is 40.0 Å². The van der Waals surface area contributed by atoms with Gasteiger partial charge in [0.15, 0.2) is 0 Å². The summed E-state index contributed by atoms with van der Waals surface area (Å²) in [6, 6.07) is 0. The smallest absolute Gasteiger partial charge is 0.316 e. The molecule has 1 aliphatic rings. The molecule has 0 aliphatic heterocycles. The molecule has 1 fully saturated rings. The minimum atomic E-state index is -0.125. The lowest BCUT2D eigenvalue weighted by atomic mass is 9.75. The van der Waals surface area contributed by atoms with Gasteiger partial charge in [-0.1, -0.05) is 43.1 Å². The first kappa shape index (κ1) is 13.0. The van der Waals surface area contributed by atoms with E-state index in [1.165, 1.54) is 12.8 Å². The zero-order chi connectivity index (χ0) is 11.4. The topological polar surface area (TPSA) is 26.3 Å². The number of halogens is 1. The van der Waals surface area contributed by atoms with E-state index in [0.717, 1.165) is 6.42 Å². The van der Waals surface area contributed by atoms with E-state index in [9.17, 15) is 4.79 Å². The number of hydrogen-bond acceptors (Lipinski definition) is 2. The molecule has 1 aliphatic carbocycles. The molecule has 0 aromatic heterocycles. The van der Waals surface area contributed by atoms with Gasteiger partial charge in [-0.15, -0.1) is 0 Å². The van der Waals surface area contributed by atoms with Crippen molar-refractivity contribution in [2.24, 2.45) is 17.8 Å². The molecule has 0 heterocycles. The maximum Gasteiger partial charge on any atom is 0.316 e. The third-order valence-corrected chi connectivity index (χ3v) is 3.81. The number of carbonyl (C=O) groups excluding carboxylic acids is 1. The number of hydrogen-bond donors (Lipinski definition) is 0. The molecule has 0 aromatic rings. The van der Waals surface area contributed by atoms with E-state index < -0.39 is 0 Å². The molecule has 0 N–H and O–H groups in total. The molecule has 0 amide bonds. The minimum Gasteiger partial charge on any atom is -0.461 e. The van der Waals surface area contributed by atoms with Crippen molar-refractivity contribution in [2.75, 3.05) is 5.33 Å². The summed E-state index contributed by atoms with van der Waals surface area (Å²) >= 11 is 3.14. The van der Waals surface area contributed by atoms with Crippen molar-refractivity contribution in [2.45, 2.75) is 46.1 Å². The Hall–Kier alpha value is -0.0500. The molecular formula is C12H21BrO2. The van der Waals surface area contributed by atoms with Crippen LogP contribution in [0, 0.1) is 17.8 Å². The average molecular weight is 277 g/mol. The van der Waals surface area contributed by atoms with Crippen molar-refractivity contribution < 1.29 is 9.53 Å². The second-order valence-electron chi connectivity index (χ2n) is 4.99. The van der Waals surface area contributed by atoms with Crippen LogP contribution in [0.3, 0.4) is 0 Å². The summed E-state index contributed by atoms with van der Waals surface area (Å²) in [6.07, 6.45) is 3.63. The number of alkyl halides is 1. The Labute approximate surface area is 101 Å². The molecule has 0 spiro atoms. The van der Waals surface area contributed by atoms with Crippen LogP contribution in [-0.2, 0) is 9.53 Å². The lowest BCUT2D eigenvalue weighted by Crippen LogP contribution is -2.36. The van der Waals surface area contributed by atoms with Crippen LogP contribution in [0.15, 0.2) is 0 Å². The Morgan fingerprint density at radius 2 is 2.13 bits per heavy atom. The number of carbonyl (C=O) groups is 1. The normalized spacial score (nSPS) is 31.7. The predicted molar refractivity (Wildman–Crippen MR) is 65.0 cm³/mol. The van der Waals surface area contributed by atoms with Gasteiger partial charge in [0.1, 0.15) is 11.4 Å². The zero-order valence-electron chi connectivity index (χ0n) is 9.83. The highest BCUT2D eigenvalue weighted by Crippen LogP contribution is 2.35. The van der Waals surface area contributed by atoms with Gasteiger partial charge in [-0.25, -0.2) is 0 Å². The summed E-state index contributed by atoms with van der Waals surface area (Å²) in [5, 5.41) is 0.308. The Kier molecular flexibility index (Phi) is 5.10. The first-order valence-corrected chi connectivity index (χ1v) is 6.92. The van der Waals surface area contributed by atoms with E-state index in [-0.39, 0.29) is 12.1 Å². The summed E-state index contributed by atoms with van der Waals surface area (Å²) in [5.74, 6) is 1.71. The Balaban J connectivity index is 2.57. The number of rotatable bonds is 3. The quantitative estimate of drug-likeness (QED) is 0.584. The largest absolute Gasteiger partial charge is 0.461 e. The van der Waals surface area contributed by atoms with Crippen molar-refractivity contribution in [3.05, 3.63) is 0 Å². The molecule has 2 nitrogen and oxygen atoms in total. The fourth-order valence-corrected chi connectivity index (χ4v) is 2.58. The van der Waals surface area contributed by atoms with E-state index >= 15 is 0 Å². The lowest BCUT2D eigenvalue weighted by Gasteiger charge is -2.36. The summed E-state index contributed by atoms with van der Waals surface area (Å²) in [6.45, 7) is 6.68. The van der Waals surface area contributed by atoms with Crippen LogP contribution < -0.4 is 0 Å². The molecule has 0 radical (unpaired) electrons. The molecule has 0 bridgehead atoms. The van der Waals surface area contributed by atoms with Crippen LogP contribution in [0.5, 0.6) is 0 Å². The van der Waals surface area contributed by atoms with Gasteiger partial charge < -0.3 is 4.74 Å². The molecule has 0 unspecified atom stereocenters. The van der Waals surface area contributed by atoms with Crippen molar-refractivity contribution in [3.63, 3.8) is 0 Å². The van der Waals surface area contributed by atoms with Crippen LogP contribution in [0.4, 0.5) is 0 Å². The number of ether oxygens (including phenoxy) is 1. The van der Waals surface area contributed by atoms with E-state index in [2.05, 4.69) is 36.7 Å². The first-order chi connectivity index (χ1) is 7.04. The predicted octanol–water partition coefficient (Wildman–Crippen LogP) is 3.39. The highest BCUT2D eigenvalue weighted by atomic mass is 79.9. The van der Waals surface area contributed by atoms with Gasteiger partial charge in [-0.05, 0) is 30.6 Å². The minimum absolute atomic E-state index is 0.125. The maximum atomic E-state index is 11.3. The van der Waals surface area contributed by atoms with Crippen molar-refractivity contribution in [1.29, 1.82) is 0 Å². The SMILES string of the molecule is CC(C)[C@@H]1CC[C@@H](C)C[C@H]1OC(=O)CBr. The maximum absolute atomic E-state index is 11.3. The van der Waals surface area contributed by atoms with Gasteiger partial charge in [-0.3, -0.25) is 4.79 Å². The molecule has 3 atom stereocenters. The molecule has 88 valence electrons. The Morgan fingerprint density at radius 3 is 2.67 bits per heavy atom. The highest BCUT2D eigenvalue weighted by Gasteiger charge is 2.32. The Bertz CT molecular complexity index is 216. The van der Waals surface area contributed by atoms with Crippen molar-refractivity contribution in [1.82, 2.24) is 0 Å². The van der Waals surface area contributed by atoms with Crippen molar-refractivity contribution in [3.8, 4) is 0 Å². The van der Waals surface area contributed by atoms with E-state index in [1.807, 2.05) is 0 Å². The number of esters is 1. The van der Waals surface area contributed by atoms with Gasteiger partial charge >= 0.3 is 5.97 Å². The highest BCUT2D eigenvalue weighted by molar-refractivity contribution is 9.09. The lowest BCUT2D eigenvalue weighted by molar-refractivity contribution is -0.152. The first-order valence-electron chi connectivity index (χ1n) is 5.80. The van der Waals surface area contributed by atoms with Crippen molar-refractivity contribution >= 4 is 21.9 Å². The average Bonchev–Trinajstić information content (AvgIpc) is 2.17. The molecule has 3 heteroatoms. The molecule has 0 aromatic carbocycles. The van der Waals surface area contributed by atoms with E-state index in [4.69, 9.17) is 4.74 Å². The molecular weight excluding hydrogens is 256 g/mol. The third kappa shape index (κ3) is 3.78. The van der Waals surface area contributed by atoms with Gasteiger partial charge in [0.25, 0.3) is 0 Å². The van der Waals surface area contributed by atoms with Gasteiger partial charge in [-0.2, -0.15) is 0 Å². The van der Waals surface area contributed by atoms with Gasteiger partial charge in [0.2, 0.25) is 0 Å². The Morgan fingerprint density at radius 1 is 1.47 bits per heavy atom. The van der Waals surface area contributed by atoms with Crippen LogP contribution in [0.2, 0.25) is 0 Å². The van der Waals surface area contributed by atoms with E-state index in [0.29, 0.717) is 23.1 Å². The molecule has 1 rings (SSSR count). The fourth-order valence-electron chi connectivity index (χ4n) is 2.45. The van der Waals surface area contributed by atoms with Crippen LogP contribution >= 0.6 is 15.9 Å². The third-order valence-electron chi connectivity index (χ3n) is 3.35. The van der Waals surface area contributed by atoms with Gasteiger partial charge in [0, 0.05) is 0 Å². The summed E-state index contributed by atoms with van der Waals surface area (Å²) < 4.78 is 5.50. The van der Waals surface area contributed by atoms with Crippen LogP contribution in [0.25, 0.3) is 0 Å².